The van der Waals surface area contributed by atoms with E-state index in [0.717, 1.165) is 6.07 Å². The van der Waals surface area contributed by atoms with Crippen LogP contribution in [0.3, 0.4) is 0 Å². The minimum atomic E-state index is -4.85. The molecule has 9 heteroatoms. The number of H-pyrrole nitrogens is 1. The van der Waals surface area contributed by atoms with Gasteiger partial charge >= 0.3 is 6.36 Å². The van der Waals surface area contributed by atoms with Gasteiger partial charge < -0.3 is 15.0 Å². The summed E-state index contributed by atoms with van der Waals surface area (Å²) in [5.41, 5.74) is 0.106. The molecular formula is C12H7Br2F3N2O2. The summed E-state index contributed by atoms with van der Waals surface area (Å²) in [6, 6.07) is 5.41. The molecule has 2 N–H and O–H groups in total. The van der Waals surface area contributed by atoms with Crippen molar-refractivity contribution in [2.24, 2.45) is 0 Å². The third-order valence-electron chi connectivity index (χ3n) is 2.31. The van der Waals surface area contributed by atoms with E-state index in [0.29, 0.717) is 8.95 Å². The fourth-order valence-electron chi connectivity index (χ4n) is 1.50. The van der Waals surface area contributed by atoms with Gasteiger partial charge in [-0.2, -0.15) is 0 Å². The number of rotatable bonds is 3. The topological polar surface area (TPSA) is 54.1 Å². The van der Waals surface area contributed by atoms with Gasteiger partial charge in [-0.3, -0.25) is 4.79 Å². The lowest BCUT2D eigenvalue weighted by Gasteiger charge is -2.14. The Morgan fingerprint density at radius 1 is 1.19 bits per heavy atom. The second-order valence-corrected chi connectivity index (χ2v) is 5.71. The first kappa shape index (κ1) is 15.9. The van der Waals surface area contributed by atoms with E-state index in [2.05, 4.69) is 46.9 Å². The first-order valence-corrected chi connectivity index (χ1v) is 7.04. The Morgan fingerprint density at radius 3 is 2.48 bits per heavy atom. The van der Waals surface area contributed by atoms with Gasteiger partial charge in [0.2, 0.25) is 0 Å². The van der Waals surface area contributed by atoms with Crippen molar-refractivity contribution in [2.45, 2.75) is 6.36 Å². The number of aromatic amines is 1. The number of ether oxygens (including phenoxy) is 1. The van der Waals surface area contributed by atoms with Crippen molar-refractivity contribution in [1.82, 2.24) is 4.98 Å². The molecule has 1 heterocycles. The minimum Gasteiger partial charge on any atom is -0.404 e. The molecule has 21 heavy (non-hydrogen) atoms. The normalized spacial score (nSPS) is 11.3. The largest absolute Gasteiger partial charge is 0.573 e. The molecule has 0 spiro atoms. The van der Waals surface area contributed by atoms with E-state index in [-0.39, 0.29) is 11.4 Å². The highest BCUT2D eigenvalue weighted by atomic mass is 79.9. The zero-order chi connectivity index (χ0) is 15.6. The van der Waals surface area contributed by atoms with Gasteiger partial charge in [-0.05, 0) is 40.2 Å². The van der Waals surface area contributed by atoms with E-state index < -0.39 is 18.0 Å². The molecule has 0 aliphatic carbocycles. The Bertz CT molecular complexity index is 671. The maximum absolute atomic E-state index is 12.4. The smallest absolute Gasteiger partial charge is 0.404 e. The summed E-state index contributed by atoms with van der Waals surface area (Å²) < 4.78 is 42.0. The Labute approximate surface area is 133 Å². The number of halogens is 5. The number of hydrogen-bond donors (Lipinski definition) is 2. The van der Waals surface area contributed by atoms with Gasteiger partial charge in [0.05, 0.1) is 5.69 Å². The van der Waals surface area contributed by atoms with E-state index in [9.17, 15) is 18.0 Å². The van der Waals surface area contributed by atoms with Crippen LogP contribution in [0.25, 0.3) is 0 Å². The van der Waals surface area contributed by atoms with E-state index in [1.54, 1.807) is 0 Å². The third kappa shape index (κ3) is 4.50. The zero-order valence-electron chi connectivity index (χ0n) is 10.1. The molecule has 0 bridgehead atoms. The monoisotopic (exact) mass is 426 g/mol. The molecule has 0 unspecified atom stereocenters. The molecule has 0 atom stereocenters. The average Bonchev–Trinajstić information content (AvgIpc) is 2.77. The van der Waals surface area contributed by atoms with Crippen molar-refractivity contribution in [3.63, 3.8) is 0 Å². The molecule has 0 saturated heterocycles. The van der Waals surface area contributed by atoms with Crippen molar-refractivity contribution < 1.29 is 22.7 Å². The van der Waals surface area contributed by atoms with Crippen LogP contribution in [0.2, 0.25) is 0 Å². The van der Waals surface area contributed by atoms with Crippen LogP contribution in [-0.2, 0) is 0 Å². The molecule has 0 aliphatic rings. The summed E-state index contributed by atoms with van der Waals surface area (Å²) in [6.45, 7) is 0. The summed E-state index contributed by atoms with van der Waals surface area (Å²) >= 11 is 6.20. The second-order valence-electron chi connectivity index (χ2n) is 3.87. The fourth-order valence-corrected chi connectivity index (χ4v) is 2.18. The van der Waals surface area contributed by atoms with Gasteiger partial charge in [0, 0.05) is 15.1 Å². The van der Waals surface area contributed by atoms with Gasteiger partial charge in [-0.25, -0.2) is 0 Å². The molecule has 1 amide bonds. The summed E-state index contributed by atoms with van der Waals surface area (Å²) in [4.78, 5) is 14.6. The predicted octanol–water partition coefficient (Wildman–Crippen LogP) is 4.69. The Kier molecular flexibility index (Phi) is 4.62. The highest BCUT2D eigenvalue weighted by Crippen LogP contribution is 2.33. The molecule has 1 aromatic carbocycles. The number of amides is 1. The standard InChI is InChI=1S/C12H7Br2F3N2O2/c13-6-1-2-8(10(4-6)21-12(15,16)17)19-11(20)9-3-7(14)5-18-9/h1-5,18H,(H,19,20). The quantitative estimate of drug-likeness (QED) is 0.746. The van der Waals surface area contributed by atoms with Crippen LogP contribution in [0, 0.1) is 0 Å². The lowest BCUT2D eigenvalue weighted by atomic mass is 10.3. The van der Waals surface area contributed by atoms with Crippen LogP contribution < -0.4 is 10.1 Å². The second kappa shape index (κ2) is 6.10. The summed E-state index contributed by atoms with van der Waals surface area (Å²) in [5, 5.41) is 2.35. The third-order valence-corrected chi connectivity index (χ3v) is 3.26. The first-order chi connectivity index (χ1) is 9.74. The van der Waals surface area contributed by atoms with Crippen molar-refractivity contribution in [3.05, 3.63) is 45.1 Å². The zero-order valence-corrected chi connectivity index (χ0v) is 13.3. The van der Waals surface area contributed by atoms with Crippen molar-refractivity contribution in [1.29, 1.82) is 0 Å². The molecular weight excluding hydrogens is 421 g/mol. The van der Waals surface area contributed by atoms with Crippen molar-refractivity contribution in [3.8, 4) is 5.75 Å². The van der Waals surface area contributed by atoms with E-state index in [1.165, 1.54) is 24.4 Å². The fraction of sp³-hybridized carbons (Fsp3) is 0.0833. The molecule has 0 saturated carbocycles. The van der Waals surface area contributed by atoms with E-state index in [4.69, 9.17) is 0 Å². The maximum Gasteiger partial charge on any atom is 0.573 e. The van der Waals surface area contributed by atoms with Crippen LogP contribution in [-0.4, -0.2) is 17.3 Å². The van der Waals surface area contributed by atoms with Crippen molar-refractivity contribution >= 4 is 43.5 Å². The highest BCUT2D eigenvalue weighted by Gasteiger charge is 2.32. The molecule has 112 valence electrons. The van der Waals surface area contributed by atoms with E-state index >= 15 is 0 Å². The molecule has 2 aromatic rings. The highest BCUT2D eigenvalue weighted by molar-refractivity contribution is 9.10. The van der Waals surface area contributed by atoms with Gasteiger partial charge in [-0.1, -0.05) is 15.9 Å². The number of aromatic nitrogens is 1. The van der Waals surface area contributed by atoms with Crippen LogP contribution in [0.15, 0.2) is 39.4 Å². The lowest BCUT2D eigenvalue weighted by molar-refractivity contribution is -0.274. The molecule has 2 rings (SSSR count). The minimum absolute atomic E-state index is 0.0914. The van der Waals surface area contributed by atoms with Crippen LogP contribution in [0.5, 0.6) is 5.75 Å². The number of nitrogens with one attached hydrogen (secondary N) is 2. The molecule has 0 radical (unpaired) electrons. The van der Waals surface area contributed by atoms with Crippen LogP contribution >= 0.6 is 31.9 Å². The summed E-state index contributed by atoms with van der Waals surface area (Å²) in [7, 11) is 0. The average molecular weight is 428 g/mol. The predicted molar refractivity (Wildman–Crippen MR) is 77.3 cm³/mol. The lowest BCUT2D eigenvalue weighted by Crippen LogP contribution is -2.19. The number of carbonyl (C=O) groups excluding carboxylic acids is 1. The number of benzene rings is 1. The number of hydrogen-bond acceptors (Lipinski definition) is 2. The van der Waals surface area contributed by atoms with Crippen molar-refractivity contribution in [2.75, 3.05) is 5.32 Å². The van der Waals surface area contributed by atoms with E-state index in [1.807, 2.05) is 0 Å². The number of alkyl halides is 3. The van der Waals surface area contributed by atoms with Gasteiger partial charge in [0.25, 0.3) is 5.91 Å². The summed E-state index contributed by atoms with van der Waals surface area (Å²) in [6.07, 6.45) is -3.32. The van der Waals surface area contributed by atoms with Crippen LogP contribution in [0.1, 0.15) is 10.5 Å². The SMILES string of the molecule is O=C(Nc1ccc(Br)cc1OC(F)(F)F)c1cc(Br)c[nH]1. The molecule has 0 aliphatic heterocycles. The van der Waals surface area contributed by atoms with Crippen LogP contribution in [0.4, 0.5) is 18.9 Å². The Morgan fingerprint density at radius 2 is 1.90 bits per heavy atom. The molecule has 0 fully saturated rings. The number of anilines is 1. The first-order valence-electron chi connectivity index (χ1n) is 5.45. The Balaban J connectivity index is 2.25. The Hall–Kier alpha value is -1.48. The summed E-state index contributed by atoms with van der Waals surface area (Å²) in [5.74, 6) is -1.09. The van der Waals surface area contributed by atoms with Gasteiger partial charge in [0.1, 0.15) is 5.69 Å². The maximum atomic E-state index is 12.4. The molecule has 1 aromatic heterocycles. The molecule has 4 nitrogen and oxygen atoms in total. The van der Waals surface area contributed by atoms with Gasteiger partial charge in [-0.15, -0.1) is 13.2 Å². The van der Waals surface area contributed by atoms with Gasteiger partial charge in [0.15, 0.2) is 5.75 Å². The number of carbonyl (C=O) groups is 1.